The number of nitrogens with two attached hydrogens (primary N) is 2. The van der Waals surface area contributed by atoms with Crippen molar-refractivity contribution in [3.8, 4) is 0 Å². The van der Waals surface area contributed by atoms with Crippen LogP contribution in [0.3, 0.4) is 0 Å². The molecule has 0 aromatic carbocycles. The van der Waals surface area contributed by atoms with Crippen LogP contribution in [0.5, 0.6) is 0 Å². The van der Waals surface area contributed by atoms with Crippen molar-refractivity contribution >= 4 is 23.8 Å². The summed E-state index contributed by atoms with van der Waals surface area (Å²) in [5, 5.41) is 9.13. The Kier molecular flexibility index (Phi) is 4.37. The molecule has 0 saturated carbocycles. The van der Waals surface area contributed by atoms with E-state index in [0.29, 0.717) is 0 Å². The second kappa shape index (κ2) is 5.52. The maximum atomic E-state index is 11.7. The highest BCUT2D eigenvalue weighted by molar-refractivity contribution is 6.16. The second-order valence-corrected chi connectivity index (χ2v) is 5.05. The molecule has 0 aliphatic carbocycles. The van der Waals surface area contributed by atoms with Crippen LogP contribution in [-0.2, 0) is 28.7 Å². The summed E-state index contributed by atoms with van der Waals surface area (Å²) in [6.07, 6.45) is 0.00542. The number of amides is 1. The average molecular weight is 300 g/mol. The lowest BCUT2D eigenvalue weighted by Crippen LogP contribution is -2.49. The molecule has 1 amide bonds. The first-order valence-corrected chi connectivity index (χ1v) is 5.97. The molecule has 0 radical (unpaired) electrons. The van der Waals surface area contributed by atoms with Crippen molar-refractivity contribution in [2.45, 2.75) is 38.0 Å². The smallest absolute Gasteiger partial charge is 0.348 e. The Balaban J connectivity index is 3.11. The Hall–Kier alpha value is -2.42. The molecule has 1 fully saturated rings. The Morgan fingerprint density at radius 1 is 1.29 bits per heavy atom. The van der Waals surface area contributed by atoms with Crippen LogP contribution in [0.15, 0.2) is 11.6 Å². The van der Waals surface area contributed by atoms with Gasteiger partial charge in [0, 0.05) is 20.3 Å². The molecule has 0 bridgehead atoms. The minimum Gasteiger partial charge on any atom is -0.480 e. The predicted molar refractivity (Wildman–Crippen MR) is 67.3 cm³/mol. The van der Waals surface area contributed by atoms with Gasteiger partial charge in [0.1, 0.15) is 11.1 Å². The van der Waals surface area contributed by atoms with Gasteiger partial charge in [-0.1, -0.05) is 0 Å². The molecule has 5 N–H and O–H groups in total. The first-order valence-electron chi connectivity index (χ1n) is 5.97. The van der Waals surface area contributed by atoms with Crippen LogP contribution in [0.25, 0.3) is 0 Å². The Morgan fingerprint density at radius 3 is 2.14 bits per heavy atom. The van der Waals surface area contributed by atoms with Gasteiger partial charge < -0.3 is 26.0 Å². The molecular formula is C12H16N2O7. The van der Waals surface area contributed by atoms with E-state index in [4.69, 9.17) is 26.0 Å². The molecule has 1 rings (SSSR count). The highest BCUT2D eigenvalue weighted by Crippen LogP contribution is 2.25. The van der Waals surface area contributed by atoms with Crippen LogP contribution < -0.4 is 11.5 Å². The van der Waals surface area contributed by atoms with Gasteiger partial charge in [0.25, 0.3) is 5.79 Å². The second-order valence-electron chi connectivity index (χ2n) is 5.05. The average Bonchev–Trinajstić information content (AvgIpc) is 2.30. The molecule has 116 valence electrons. The van der Waals surface area contributed by atoms with Gasteiger partial charge in [-0.05, 0) is 12.5 Å². The van der Waals surface area contributed by atoms with Crippen LogP contribution in [0.4, 0.5) is 0 Å². The molecule has 9 nitrogen and oxygen atoms in total. The maximum absolute atomic E-state index is 11.7. The molecule has 1 saturated heterocycles. The quantitative estimate of drug-likeness (QED) is 0.324. The van der Waals surface area contributed by atoms with Crippen LogP contribution in [0.1, 0.15) is 26.7 Å². The molecular weight excluding hydrogens is 284 g/mol. The summed E-state index contributed by atoms with van der Waals surface area (Å²) in [6.45, 7) is 2.69. The molecule has 0 unspecified atom stereocenters. The standard InChI is InChI=1S/C12H16N2O7/c1-11(2)20-8(16)6(9(17)21-11)5-12(14,10(18)19)4-3-7(13)15/h5H,3-4,14H2,1-2H3,(H2,13,15)(H,18,19)/t12-/m1/s1. The number of hydrogen-bond acceptors (Lipinski definition) is 7. The van der Waals surface area contributed by atoms with E-state index in [0.717, 1.165) is 6.08 Å². The first-order chi connectivity index (χ1) is 9.47. The Bertz CT molecular complexity index is 516. The summed E-state index contributed by atoms with van der Waals surface area (Å²) in [5.41, 5.74) is 7.79. The topological polar surface area (TPSA) is 159 Å². The first kappa shape index (κ1) is 16.6. The van der Waals surface area contributed by atoms with E-state index >= 15 is 0 Å². The van der Waals surface area contributed by atoms with Crippen molar-refractivity contribution in [1.29, 1.82) is 0 Å². The van der Waals surface area contributed by atoms with Gasteiger partial charge >= 0.3 is 17.9 Å². The van der Waals surface area contributed by atoms with Crippen molar-refractivity contribution in [1.82, 2.24) is 0 Å². The number of esters is 2. The van der Waals surface area contributed by atoms with Crippen molar-refractivity contribution in [2.75, 3.05) is 0 Å². The number of cyclic esters (lactones) is 2. The van der Waals surface area contributed by atoms with E-state index in [1.807, 2.05) is 0 Å². The minimum absolute atomic E-state index is 0.331. The third kappa shape index (κ3) is 4.02. The van der Waals surface area contributed by atoms with Crippen molar-refractivity contribution < 1.29 is 33.8 Å². The zero-order valence-electron chi connectivity index (χ0n) is 11.5. The normalized spacial score (nSPS) is 20.0. The number of carboxylic acid groups (broad SMARTS) is 1. The number of aliphatic carboxylic acids is 1. The predicted octanol–water partition coefficient (Wildman–Crippen LogP) is -1.20. The zero-order valence-corrected chi connectivity index (χ0v) is 11.5. The van der Waals surface area contributed by atoms with Gasteiger partial charge in [0.05, 0.1) is 0 Å². The van der Waals surface area contributed by atoms with Crippen molar-refractivity contribution in [3.63, 3.8) is 0 Å². The molecule has 0 aromatic heterocycles. The summed E-state index contributed by atoms with van der Waals surface area (Å²) in [7, 11) is 0. The largest absolute Gasteiger partial charge is 0.480 e. The number of hydrogen-bond donors (Lipinski definition) is 3. The maximum Gasteiger partial charge on any atom is 0.348 e. The van der Waals surface area contributed by atoms with Gasteiger partial charge in [0.2, 0.25) is 5.91 Å². The Morgan fingerprint density at radius 2 is 1.76 bits per heavy atom. The SMILES string of the molecule is CC1(C)OC(=O)C(=C[C@](N)(CCC(N)=O)C(=O)O)C(=O)O1. The molecule has 1 aliphatic rings. The van der Waals surface area contributed by atoms with E-state index in [-0.39, 0.29) is 12.8 Å². The van der Waals surface area contributed by atoms with E-state index in [1.165, 1.54) is 13.8 Å². The molecule has 0 spiro atoms. The third-order valence-corrected chi connectivity index (χ3v) is 2.70. The minimum atomic E-state index is -2.12. The monoisotopic (exact) mass is 300 g/mol. The van der Waals surface area contributed by atoms with Crippen LogP contribution in [-0.4, -0.2) is 40.2 Å². The number of carboxylic acids is 1. The number of rotatable bonds is 5. The molecule has 21 heavy (non-hydrogen) atoms. The highest BCUT2D eigenvalue weighted by Gasteiger charge is 2.42. The third-order valence-electron chi connectivity index (χ3n) is 2.70. The molecule has 1 aliphatic heterocycles. The van der Waals surface area contributed by atoms with Gasteiger partial charge in [-0.25, -0.2) is 14.4 Å². The van der Waals surface area contributed by atoms with Gasteiger partial charge in [0.15, 0.2) is 0 Å². The summed E-state index contributed by atoms with van der Waals surface area (Å²) < 4.78 is 9.64. The molecule has 0 aromatic rings. The zero-order chi connectivity index (χ0) is 16.4. The van der Waals surface area contributed by atoms with Gasteiger partial charge in [-0.3, -0.25) is 4.79 Å². The lowest BCUT2D eigenvalue weighted by molar-refractivity contribution is -0.222. The van der Waals surface area contributed by atoms with E-state index in [9.17, 15) is 19.2 Å². The summed E-state index contributed by atoms with van der Waals surface area (Å²) in [6, 6.07) is 0. The fraction of sp³-hybridized carbons (Fsp3) is 0.500. The number of carbonyl (C=O) groups excluding carboxylic acids is 3. The summed E-state index contributed by atoms with van der Waals surface area (Å²) >= 11 is 0. The van der Waals surface area contributed by atoms with E-state index < -0.39 is 40.7 Å². The van der Waals surface area contributed by atoms with Gasteiger partial charge in [-0.2, -0.15) is 0 Å². The lowest BCUT2D eigenvalue weighted by atomic mass is 9.91. The van der Waals surface area contributed by atoms with E-state index in [1.54, 1.807) is 0 Å². The van der Waals surface area contributed by atoms with Gasteiger partial charge in [-0.15, -0.1) is 0 Å². The Labute approximate surface area is 119 Å². The molecule has 1 heterocycles. The van der Waals surface area contributed by atoms with Crippen molar-refractivity contribution in [3.05, 3.63) is 11.6 Å². The lowest BCUT2D eigenvalue weighted by Gasteiger charge is -2.31. The van der Waals surface area contributed by atoms with E-state index in [2.05, 4.69) is 0 Å². The van der Waals surface area contributed by atoms with Crippen LogP contribution in [0, 0.1) is 0 Å². The molecule has 9 heteroatoms. The summed E-state index contributed by atoms with van der Waals surface area (Å²) in [4.78, 5) is 45.4. The van der Waals surface area contributed by atoms with Crippen molar-refractivity contribution in [2.24, 2.45) is 11.5 Å². The fourth-order valence-electron chi connectivity index (χ4n) is 1.61. The number of carbonyl (C=O) groups is 4. The number of ether oxygens (including phenoxy) is 2. The van der Waals surface area contributed by atoms with Crippen LogP contribution >= 0.6 is 0 Å². The van der Waals surface area contributed by atoms with Crippen LogP contribution in [0.2, 0.25) is 0 Å². The summed E-state index contributed by atoms with van der Waals surface area (Å²) in [5.74, 6) is -5.84. The fourth-order valence-corrected chi connectivity index (χ4v) is 1.61. The number of primary amides is 1. The molecule has 1 atom stereocenters. The highest BCUT2D eigenvalue weighted by atomic mass is 16.7.